The minimum atomic E-state index is -0.245. The van der Waals surface area contributed by atoms with Crippen molar-refractivity contribution in [1.82, 2.24) is 5.32 Å². The van der Waals surface area contributed by atoms with Gasteiger partial charge in [0.15, 0.2) is 0 Å². The number of nitrogens with one attached hydrogen (secondary N) is 1. The fourth-order valence-electron chi connectivity index (χ4n) is 2.21. The molecular weight excluding hydrogens is 325 g/mol. The van der Waals surface area contributed by atoms with Gasteiger partial charge < -0.3 is 10.1 Å². The topological polar surface area (TPSA) is 38.3 Å². The molecule has 1 N–H and O–H groups in total. The number of carbonyl (C=O) groups is 1. The third-order valence-corrected chi connectivity index (χ3v) is 4.43. The Bertz CT molecular complexity index is 674. The van der Waals surface area contributed by atoms with Crippen LogP contribution in [-0.4, -0.2) is 24.8 Å². The Kier molecular flexibility index (Phi) is 7.12. The summed E-state index contributed by atoms with van der Waals surface area (Å²) in [6.07, 6.45) is 0. The maximum atomic E-state index is 12.8. The Morgan fingerprint density at radius 1 is 1.17 bits per heavy atom. The van der Waals surface area contributed by atoms with Crippen LogP contribution in [0.2, 0.25) is 0 Å². The zero-order valence-electron chi connectivity index (χ0n) is 14.0. The van der Waals surface area contributed by atoms with E-state index in [0.717, 1.165) is 16.9 Å². The van der Waals surface area contributed by atoms with E-state index in [0.29, 0.717) is 24.7 Å². The van der Waals surface area contributed by atoms with E-state index in [9.17, 15) is 9.18 Å². The molecule has 2 rings (SSSR count). The highest BCUT2D eigenvalue weighted by Gasteiger charge is 2.03. The Balaban J connectivity index is 1.60. The van der Waals surface area contributed by atoms with Crippen LogP contribution in [0.25, 0.3) is 0 Å². The smallest absolute Gasteiger partial charge is 0.230 e. The predicted octanol–water partition coefficient (Wildman–Crippen LogP) is 3.87. The first-order valence-corrected chi connectivity index (χ1v) is 8.99. The van der Waals surface area contributed by atoms with E-state index in [1.54, 1.807) is 12.1 Å². The SMILES string of the molecule is Cc1ccc(OCCNC(=O)CSCc2ccc(F)cc2)c(C)c1. The zero-order valence-corrected chi connectivity index (χ0v) is 14.8. The van der Waals surface area contributed by atoms with Crippen molar-refractivity contribution in [3.8, 4) is 5.75 Å². The molecule has 0 radical (unpaired) electrons. The quantitative estimate of drug-likeness (QED) is 0.737. The van der Waals surface area contributed by atoms with Gasteiger partial charge in [-0.05, 0) is 43.2 Å². The van der Waals surface area contributed by atoms with Gasteiger partial charge in [0.25, 0.3) is 0 Å². The van der Waals surface area contributed by atoms with Crippen molar-refractivity contribution in [3.05, 3.63) is 65.0 Å². The number of rotatable bonds is 8. The number of halogens is 1. The van der Waals surface area contributed by atoms with E-state index < -0.39 is 0 Å². The molecule has 24 heavy (non-hydrogen) atoms. The summed E-state index contributed by atoms with van der Waals surface area (Å²) in [7, 11) is 0. The minimum Gasteiger partial charge on any atom is -0.491 e. The van der Waals surface area contributed by atoms with Gasteiger partial charge in [-0.25, -0.2) is 4.39 Å². The van der Waals surface area contributed by atoms with Crippen molar-refractivity contribution in [2.75, 3.05) is 18.9 Å². The van der Waals surface area contributed by atoms with Crippen molar-refractivity contribution >= 4 is 17.7 Å². The molecule has 0 fully saturated rings. The van der Waals surface area contributed by atoms with E-state index in [1.165, 1.54) is 29.5 Å². The molecule has 3 nitrogen and oxygen atoms in total. The molecule has 0 saturated carbocycles. The number of thioether (sulfide) groups is 1. The van der Waals surface area contributed by atoms with Crippen LogP contribution in [0.4, 0.5) is 4.39 Å². The zero-order chi connectivity index (χ0) is 17.4. The molecule has 2 aromatic carbocycles. The van der Waals surface area contributed by atoms with E-state index in [4.69, 9.17) is 4.74 Å². The van der Waals surface area contributed by atoms with E-state index in [1.807, 2.05) is 26.0 Å². The third-order valence-electron chi connectivity index (χ3n) is 3.43. The lowest BCUT2D eigenvalue weighted by atomic mass is 10.1. The summed E-state index contributed by atoms with van der Waals surface area (Å²) >= 11 is 1.50. The molecule has 0 heterocycles. The number of hydrogen-bond acceptors (Lipinski definition) is 3. The Hall–Kier alpha value is -2.01. The summed E-state index contributed by atoms with van der Waals surface area (Å²) in [4.78, 5) is 11.8. The average Bonchev–Trinajstić information content (AvgIpc) is 2.55. The van der Waals surface area contributed by atoms with Crippen molar-refractivity contribution in [2.24, 2.45) is 0 Å². The van der Waals surface area contributed by atoms with Gasteiger partial charge in [0, 0.05) is 5.75 Å². The minimum absolute atomic E-state index is 0.0219. The second-order valence-corrected chi connectivity index (χ2v) is 6.57. The van der Waals surface area contributed by atoms with Crippen molar-refractivity contribution in [3.63, 3.8) is 0 Å². The molecule has 0 aromatic heterocycles. The van der Waals surface area contributed by atoms with Crippen LogP contribution >= 0.6 is 11.8 Å². The summed E-state index contributed by atoms with van der Waals surface area (Å²) in [5.41, 5.74) is 3.30. The van der Waals surface area contributed by atoms with E-state index >= 15 is 0 Å². The van der Waals surface area contributed by atoms with E-state index in [-0.39, 0.29) is 11.7 Å². The summed E-state index contributed by atoms with van der Waals surface area (Å²) in [5.74, 6) is 1.64. The van der Waals surface area contributed by atoms with Crippen LogP contribution in [0.1, 0.15) is 16.7 Å². The monoisotopic (exact) mass is 347 g/mol. The number of benzene rings is 2. The first-order valence-electron chi connectivity index (χ1n) is 7.83. The van der Waals surface area contributed by atoms with E-state index in [2.05, 4.69) is 11.4 Å². The highest BCUT2D eigenvalue weighted by molar-refractivity contribution is 7.99. The average molecular weight is 347 g/mol. The van der Waals surface area contributed by atoms with Crippen LogP contribution in [0.3, 0.4) is 0 Å². The van der Waals surface area contributed by atoms with Gasteiger partial charge in [0.2, 0.25) is 5.91 Å². The maximum absolute atomic E-state index is 12.8. The number of aryl methyl sites for hydroxylation is 2. The molecule has 0 saturated heterocycles. The van der Waals surface area contributed by atoms with Crippen molar-refractivity contribution in [2.45, 2.75) is 19.6 Å². The lowest BCUT2D eigenvalue weighted by Gasteiger charge is -2.10. The molecule has 0 aliphatic carbocycles. The number of hydrogen-bond donors (Lipinski definition) is 1. The van der Waals surface area contributed by atoms with Crippen LogP contribution in [0, 0.1) is 19.7 Å². The van der Waals surface area contributed by atoms with Crippen LogP contribution in [0.15, 0.2) is 42.5 Å². The summed E-state index contributed by atoms with van der Waals surface area (Å²) < 4.78 is 18.5. The van der Waals surface area contributed by atoms with Crippen LogP contribution in [-0.2, 0) is 10.5 Å². The fraction of sp³-hybridized carbons (Fsp3) is 0.316. The Labute approximate surface area is 146 Å². The third kappa shape index (κ3) is 6.24. The molecular formula is C19H22FNO2S. The lowest BCUT2D eigenvalue weighted by Crippen LogP contribution is -2.29. The summed E-state index contributed by atoms with van der Waals surface area (Å²) in [6, 6.07) is 12.4. The largest absolute Gasteiger partial charge is 0.491 e. The normalized spacial score (nSPS) is 10.5. The Morgan fingerprint density at radius 2 is 1.92 bits per heavy atom. The van der Waals surface area contributed by atoms with Crippen molar-refractivity contribution < 1.29 is 13.9 Å². The van der Waals surface area contributed by atoms with Gasteiger partial charge in [-0.2, -0.15) is 0 Å². The molecule has 0 unspecified atom stereocenters. The molecule has 0 spiro atoms. The number of amides is 1. The first-order chi connectivity index (χ1) is 11.5. The van der Waals surface area contributed by atoms with Gasteiger partial charge in [0.05, 0.1) is 12.3 Å². The Morgan fingerprint density at radius 3 is 2.62 bits per heavy atom. The van der Waals surface area contributed by atoms with Gasteiger partial charge in [-0.3, -0.25) is 4.79 Å². The molecule has 0 aliphatic heterocycles. The van der Waals surface area contributed by atoms with Gasteiger partial charge >= 0.3 is 0 Å². The van der Waals surface area contributed by atoms with Gasteiger partial charge in [0.1, 0.15) is 18.2 Å². The number of ether oxygens (including phenoxy) is 1. The molecule has 1 amide bonds. The highest BCUT2D eigenvalue weighted by Crippen LogP contribution is 2.18. The number of carbonyl (C=O) groups excluding carboxylic acids is 1. The van der Waals surface area contributed by atoms with Gasteiger partial charge in [-0.1, -0.05) is 29.8 Å². The second-order valence-electron chi connectivity index (χ2n) is 5.59. The molecule has 0 aliphatic rings. The fourth-order valence-corrected chi connectivity index (χ4v) is 3.02. The maximum Gasteiger partial charge on any atom is 0.230 e. The molecule has 0 bridgehead atoms. The van der Waals surface area contributed by atoms with Crippen LogP contribution < -0.4 is 10.1 Å². The summed E-state index contributed by atoms with van der Waals surface area (Å²) in [6.45, 7) is 4.97. The standard InChI is InChI=1S/C19H22FNO2S/c1-14-3-8-18(15(2)11-14)23-10-9-21-19(22)13-24-12-16-4-6-17(20)7-5-16/h3-8,11H,9-10,12-13H2,1-2H3,(H,21,22). The van der Waals surface area contributed by atoms with Gasteiger partial charge in [-0.15, -0.1) is 11.8 Å². The highest BCUT2D eigenvalue weighted by atomic mass is 32.2. The molecule has 5 heteroatoms. The first kappa shape index (κ1) is 18.3. The lowest BCUT2D eigenvalue weighted by molar-refractivity contribution is -0.118. The molecule has 0 atom stereocenters. The van der Waals surface area contributed by atoms with Crippen molar-refractivity contribution in [1.29, 1.82) is 0 Å². The van der Waals surface area contributed by atoms with Crippen LogP contribution in [0.5, 0.6) is 5.75 Å². The molecule has 128 valence electrons. The predicted molar refractivity (Wildman–Crippen MR) is 97.0 cm³/mol. The summed E-state index contributed by atoms with van der Waals surface area (Å²) in [5, 5.41) is 2.83. The molecule has 2 aromatic rings. The second kappa shape index (κ2) is 9.33.